The van der Waals surface area contributed by atoms with Gasteiger partial charge in [0.1, 0.15) is 0 Å². The van der Waals surface area contributed by atoms with Crippen LogP contribution in [0.2, 0.25) is 0 Å². The number of benzene rings is 2. The number of carbonyl (C=O) groups is 1. The average molecular weight is 412 g/mol. The van der Waals surface area contributed by atoms with Gasteiger partial charge in [-0.15, -0.1) is 0 Å². The predicted molar refractivity (Wildman–Crippen MR) is 116 cm³/mol. The number of rotatable bonds is 9. The number of hydrogen-bond acceptors (Lipinski definition) is 5. The van der Waals surface area contributed by atoms with Crippen molar-refractivity contribution in [1.82, 2.24) is 14.5 Å². The second kappa shape index (κ2) is 10.2. The lowest BCUT2D eigenvalue weighted by Gasteiger charge is -2.21. The highest BCUT2D eigenvalue weighted by Crippen LogP contribution is 2.19. The van der Waals surface area contributed by atoms with E-state index in [4.69, 9.17) is 0 Å². The van der Waals surface area contributed by atoms with Crippen LogP contribution in [0.5, 0.6) is 0 Å². The Bertz CT molecular complexity index is 1020. The van der Waals surface area contributed by atoms with Gasteiger partial charge in [0.2, 0.25) is 5.91 Å². The van der Waals surface area contributed by atoms with E-state index < -0.39 is 0 Å². The van der Waals surface area contributed by atoms with Gasteiger partial charge in [0.05, 0.1) is 16.7 Å². The minimum absolute atomic E-state index is 0.00234. The number of nitrogens with zero attached hydrogens (tertiary/aromatic N) is 3. The monoisotopic (exact) mass is 411 g/mol. The molecule has 0 aliphatic carbocycles. The topological polar surface area (TPSA) is 75.4 Å². The highest BCUT2D eigenvalue weighted by molar-refractivity contribution is 7.99. The average Bonchev–Trinajstić information content (AvgIpc) is 2.76. The van der Waals surface area contributed by atoms with E-state index in [-0.39, 0.29) is 23.8 Å². The number of hydrogen-bond donors (Lipinski definition) is 1. The highest BCUT2D eigenvalue weighted by Gasteiger charge is 2.16. The standard InChI is InChI=1S/C22H25N3O3S/c1-2-24(15-17-9-4-3-5-10-17)20(27)16-29-22-23-19-12-7-6-11-18(19)21(28)25(22)13-8-14-26/h3-7,9-12,26H,2,8,13-16H2,1H3. The quantitative estimate of drug-likeness (QED) is 0.433. The fraction of sp³-hybridized carbons (Fsp3) is 0.318. The summed E-state index contributed by atoms with van der Waals surface area (Å²) < 4.78 is 1.56. The molecule has 7 heteroatoms. The second-order valence-corrected chi connectivity index (χ2v) is 7.57. The summed E-state index contributed by atoms with van der Waals surface area (Å²) in [6.07, 6.45) is 0.455. The molecule has 0 spiro atoms. The van der Waals surface area contributed by atoms with Crippen LogP contribution in [0.15, 0.2) is 64.5 Å². The molecule has 3 rings (SSSR count). The lowest BCUT2D eigenvalue weighted by atomic mass is 10.2. The van der Waals surface area contributed by atoms with Crippen LogP contribution < -0.4 is 5.56 Å². The Kier molecular flexibility index (Phi) is 7.43. The number of carbonyl (C=O) groups excluding carboxylic acids is 1. The summed E-state index contributed by atoms with van der Waals surface area (Å²) in [5.74, 6) is 0.197. The molecule has 29 heavy (non-hydrogen) atoms. The Morgan fingerprint density at radius 3 is 2.59 bits per heavy atom. The molecule has 0 saturated heterocycles. The lowest BCUT2D eigenvalue weighted by molar-refractivity contribution is -0.128. The van der Waals surface area contributed by atoms with Crippen LogP contribution in [0.3, 0.4) is 0 Å². The molecule has 152 valence electrons. The number of thioether (sulfide) groups is 1. The normalized spacial score (nSPS) is 11.0. The number of aliphatic hydroxyl groups is 1. The molecule has 0 radical (unpaired) electrons. The highest BCUT2D eigenvalue weighted by atomic mass is 32.2. The molecule has 1 N–H and O–H groups in total. The van der Waals surface area contributed by atoms with Gasteiger partial charge in [0, 0.05) is 26.2 Å². The van der Waals surface area contributed by atoms with Crippen molar-refractivity contribution >= 4 is 28.6 Å². The van der Waals surface area contributed by atoms with E-state index in [0.29, 0.717) is 42.1 Å². The van der Waals surface area contributed by atoms with E-state index >= 15 is 0 Å². The van der Waals surface area contributed by atoms with E-state index in [9.17, 15) is 14.7 Å². The summed E-state index contributed by atoms with van der Waals surface area (Å²) in [6, 6.07) is 17.1. The van der Waals surface area contributed by atoms with Gasteiger partial charge in [0.15, 0.2) is 5.16 Å². The minimum atomic E-state index is -0.143. The molecule has 3 aromatic rings. The van der Waals surface area contributed by atoms with E-state index in [2.05, 4.69) is 4.98 Å². The Labute approximate surface area is 174 Å². The van der Waals surface area contributed by atoms with E-state index in [1.807, 2.05) is 43.3 Å². The maximum absolute atomic E-state index is 12.9. The Balaban J connectivity index is 1.79. The van der Waals surface area contributed by atoms with Crippen molar-refractivity contribution in [3.8, 4) is 0 Å². The maximum Gasteiger partial charge on any atom is 0.262 e. The number of para-hydroxylation sites is 1. The second-order valence-electron chi connectivity index (χ2n) is 6.63. The van der Waals surface area contributed by atoms with Crippen LogP contribution in [0.25, 0.3) is 10.9 Å². The Morgan fingerprint density at radius 2 is 1.86 bits per heavy atom. The van der Waals surface area contributed by atoms with Crippen molar-refractivity contribution in [1.29, 1.82) is 0 Å². The van der Waals surface area contributed by atoms with Crippen molar-refractivity contribution in [3.63, 3.8) is 0 Å². The minimum Gasteiger partial charge on any atom is -0.396 e. The van der Waals surface area contributed by atoms with Crippen molar-refractivity contribution in [3.05, 3.63) is 70.5 Å². The van der Waals surface area contributed by atoms with E-state index in [0.717, 1.165) is 5.56 Å². The van der Waals surface area contributed by atoms with Gasteiger partial charge in [-0.1, -0.05) is 54.2 Å². The number of aliphatic hydroxyl groups excluding tert-OH is 1. The van der Waals surface area contributed by atoms with Gasteiger partial charge in [-0.2, -0.15) is 0 Å². The third-order valence-electron chi connectivity index (χ3n) is 4.64. The summed E-state index contributed by atoms with van der Waals surface area (Å²) in [5, 5.41) is 10.2. The summed E-state index contributed by atoms with van der Waals surface area (Å²) in [6.45, 7) is 3.47. The van der Waals surface area contributed by atoms with Gasteiger partial charge >= 0.3 is 0 Å². The molecule has 0 unspecified atom stereocenters. The summed E-state index contributed by atoms with van der Waals surface area (Å²) in [5.41, 5.74) is 1.55. The van der Waals surface area contributed by atoms with Gasteiger partial charge < -0.3 is 10.0 Å². The first-order chi connectivity index (χ1) is 14.1. The molecule has 1 aromatic heterocycles. The molecule has 6 nitrogen and oxygen atoms in total. The van der Waals surface area contributed by atoms with Crippen LogP contribution in [-0.2, 0) is 17.9 Å². The van der Waals surface area contributed by atoms with Gasteiger partial charge in [0.25, 0.3) is 5.56 Å². The van der Waals surface area contributed by atoms with Crippen LogP contribution in [0.4, 0.5) is 0 Å². The molecule has 2 aromatic carbocycles. The number of aromatic nitrogens is 2. The largest absolute Gasteiger partial charge is 0.396 e. The zero-order valence-corrected chi connectivity index (χ0v) is 17.3. The summed E-state index contributed by atoms with van der Waals surface area (Å²) in [7, 11) is 0. The van der Waals surface area contributed by atoms with Crippen molar-refractivity contribution in [2.75, 3.05) is 18.9 Å². The molecular formula is C22H25N3O3S. The Hall–Kier alpha value is -2.64. The van der Waals surface area contributed by atoms with E-state index in [1.54, 1.807) is 27.7 Å². The zero-order chi connectivity index (χ0) is 20.6. The molecule has 1 amide bonds. The van der Waals surface area contributed by atoms with E-state index in [1.165, 1.54) is 11.8 Å². The zero-order valence-electron chi connectivity index (χ0n) is 16.5. The van der Waals surface area contributed by atoms with Crippen LogP contribution in [-0.4, -0.2) is 44.4 Å². The maximum atomic E-state index is 12.9. The molecule has 0 fully saturated rings. The van der Waals surface area contributed by atoms with Crippen LogP contribution >= 0.6 is 11.8 Å². The van der Waals surface area contributed by atoms with Crippen LogP contribution in [0.1, 0.15) is 18.9 Å². The third kappa shape index (κ3) is 5.25. The molecule has 0 aliphatic heterocycles. The SMILES string of the molecule is CCN(Cc1ccccc1)C(=O)CSc1nc2ccccc2c(=O)n1CCCO. The lowest BCUT2D eigenvalue weighted by Crippen LogP contribution is -2.32. The van der Waals surface area contributed by atoms with Crippen molar-refractivity contribution in [2.24, 2.45) is 0 Å². The fourth-order valence-corrected chi connectivity index (χ4v) is 4.01. The van der Waals surface area contributed by atoms with Crippen molar-refractivity contribution in [2.45, 2.75) is 31.6 Å². The summed E-state index contributed by atoms with van der Waals surface area (Å²) in [4.78, 5) is 32.0. The molecule has 0 atom stereocenters. The van der Waals surface area contributed by atoms with Crippen LogP contribution in [0, 0.1) is 0 Å². The fourth-order valence-electron chi connectivity index (χ4n) is 3.08. The van der Waals surface area contributed by atoms with Gasteiger partial charge in [-0.25, -0.2) is 4.98 Å². The molecule has 0 saturated carbocycles. The van der Waals surface area contributed by atoms with Gasteiger partial charge in [-0.3, -0.25) is 14.2 Å². The van der Waals surface area contributed by atoms with Gasteiger partial charge in [-0.05, 0) is 31.0 Å². The smallest absolute Gasteiger partial charge is 0.262 e. The molecule has 0 aliphatic rings. The third-order valence-corrected chi connectivity index (χ3v) is 5.60. The number of amides is 1. The molecular weight excluding hydrogens is 386 g/mol. The summed E-state index contributed by atoms with van der Waals surface area (Å²) >= 11 is 1.27. The molecule has 1 heterocycles. The predicted octanol–water partition coefficient (Wildman–Crippen LogP) is 2.92. The first-order valence-electron chi connectivity index (χ1n) is 9.69. The van der Waals surface area contributed by atoms with Crippen molar-refractivity contribution < 1.29 is 9.90 Å². The Morgan fingerprint density at radius 1 is 1.14 bits per heavy atom. The first-order valence-corrected chi connectivity index (χ1v) is 10.7. The first kappa shape index (κ1) is 21.1. The molecule has 0 bridgehead atoms. The number of fused-ring (bicyclic) bond motifs is 1.